The largest absolute Gasteiger partial charge is 0.396 e. The number of hydrogen-bond acceptors (Lipinski definition) is 3. The van der Waals surface area contributed by atoms with Crippen LogP contribution in [0.1, 0.15) is 39.0 Å². The fourth-order valence-electron chi connectivity index (χ4n) is 3.02. The van der Waals surface area contributed by atoms with Crippen molar-refractivity contribution < 1.29 is 14.9 Å². The number of aliphatic hydroxyl groups is 2. The van der Waals surface area contributed by atoms with Gasteiger partial charge in [-0.25, -0.2) is 0 Å². The molecule has 0 aromatic rings. The van der Waals surface area contributed by atoms with Crippen LogP contribution in [-0.4, -0.2) is 35.6 Å². The summed E-state index contributed by atoms with van der Waals surface area (Å²) in [4.78, 5) is 0. The Bertz CT molecular complexity index is 213. The summed E-state index contributed by atoms with van der Waals surface area (Å²) in [6.45, 7) is 3.49. The van der Waals surface area contributed by atoms with Gasteiger partial charge in [0, 0.05) is 12.0 Å². The van der Waals surface area contributed by atoms with Gasteiger partial charge in [-0.05, 0) is 38.0 Å². The molecule has 0 spiro atoms. The van der Waals surface area contributed by atoms with Crippen molar-refractivity contribution in [1.29, 1.82) is 0 Å². The lowest BCUT2D eigenvalue weighted by molar-refractivity contribution is -0.136. The van der Waals surface area contributed by atoms with E-state index >= 15 is 0 Å². The van der Waals surface area contributed by atoms with Crippen LogP contribution in [0.4, 0.5) is 0 Å². The van der Waals surface area contributed by atoms with Crippen LogP contribution in [0.25, 0.3) is 0 Å². The maximum atomic E-state index is 10.7. The molecule has 1 saturated heterocycles. The second-order valence-corrected chi connectivity index (χ2v) is 5.46. The lowest BCUT2D eigenvalue weighted by Crippen LogP contribution is -2.53. The minimum absolute atomic E-state index is 0.0535. The molecule has 2 N–H and O–H groups in total. The van der Waals surface area contributed by atoms with Gasteiger partial charge in [0.15, 0.2) is 0 Å². The van der Waals surface area contributed by atoms with E-state index in [1.54, 1.807) is 0 Å². The average Bonchev–Trinajstić information content (AvgIpc) is 2.73. The Morgan fingerprint density at radius 2 is 1.93 bits per heavy atom. The Morgan fingerprint density at radius 1 is 1.27 bits per heavy atom. The first-order valence-electron chi connectivity index (χ1n) is 6.03. The second-order valence-electron chi connectivity index (χ2n) is 5.46. The minimum Gasteiger partial charge on any atom is -0.396 e. The van der Waals surface area contributed by atoms with E-state index in [-0.39, 0.29) is 12.0 Å². The molecule has 15 heavy (non-hydrogen) atoms. The first-order valence-corrected chi connectivity index (χ1v) is 6.03. The lowest BCUT2D eigenvalue weighted by atomic mass is 9.63. The van der Waals surface area contributed by atoms with E-state index < -0.39 is 5.60 Å². The van der Waals surface area contributed by atoms with Gasteiger partial charge < -0.3 is 14.9 Å². The Kier molecular flexibility index (Phi) is 3.06. The van der Waals surface area contributed by atoms with Crippen molar-refractivity contribution in [2.75, 3.05) is 19.8 Å². The molecule has 1 aliphatic heterocycles. The predicted octanol–water partition coefficient (Wildman–Crippen LogP) is 1.33. The van der Waals surface area contributed by atoms with Crippen molar-refractivity contribution in [1.82, 2.24) is 0 Å². The van der Waals surface area contributed by atoms with E-state index in [0.717, 1.165) is 32.1 Å². The van der Waals surface area contributed by atoms with Crippen LogP contribution in [0.3, 0.4) is 0 Å². The third-order valence-corrected chi connectivity index (χ3v) is 4.49. The summed E-state index contributed by atoms with van der Waals surface area (Å²) in [5.41, 5.74) is -1.07. The molecule has 1 heterocycles. The third kappa shape index (κ3) is 1.81. The van der Waals surface area contributed by atoms with Gasteiger partial charge in [0.25, 0.3) is 0 Å². The first kappa shape index (κ1) is 11.4. The van der Waals surface area contributed by atoms with Crippen LogP contribution in [-0.2, 0) is 4.74 Å². The predicted molar refractivity (Wildman–Crippen MR) is 57.5 cm³/mol. The van der Waals surface area contributed by atoms with Gasteiger partial charge in [-0.1, -0.05) is 6.92 Å². The smallest absolute Gasteiger partial charge is 0.0748 e. The second kappa shape index (κ2) is 4.04. The van der Waals surface area contributed by atoms with Crippen LogP contribution in [0, 0.1) is 11.3 Å². The number of ether oxygens (including phenoxy) is 1. The zero-order chi connectivity index (χ0) is 10.9. The number of aliphatic hydroxyl groups excluding tert-OH is 1. The van der Waals surface area contributed by atoms with Crippen molar-refractivity contribution in [2.24, 2.45) is 11.3 Å². The van der Waals surface area contributed by atoms with Crippen LogP contribution >= 0.6 is 0 Å². The van der Waals surface area contributed by atoms with E-state index in [1.165, 1.54) is 0 Å². The fourth-order valence-corrected chi connectivity index (χ4v) is 3.02. The Morgan fingerprint density at radius 3 is 2.40 bits per heavy atom. The highest BCUT2D eigenvalue weighted by Gasteiger charge is 2.52. The van der Waals surface area contributed by atoms with Gasteiger partial charge in [-0.2, -0.15) is 0 Å². The van der Waals surface area contributed by atoms with Crippen molar-refractivity contribution in [3.05, 3.63) is 0 Å². The summed E-state index contributed by atoms with van der Waals surface area (Å²) in [7, 11) is 0. The van der Waals surface area contributed by atoms with Gasteiger partial charge >= 0.3 is 0 Å². The highest BCUT2D eigenvalue weighted by atomic mass is 16.5. The highest BCUT2D eigenvalue weighted by molar-refractivity contribution is 5.02. The summed E-state index contributed by atoms with van der Waals surface area (Å²) in [6, 6.07) is 0. The van der Waals surface area contributed by atoms with Crippen molar-refractivity contribution >= 4 is 0 Å². The van der Waals surface area contributed by atoms with Gasteiger partial charge in [0.2, 0.25) is 0 Å². The molecule has 0 radical (unpaired) electrons. The van der Waals surface area contributed by atoms with Crippen molar-refractivity contribution in [2.45, 2.75) is 44.6 Å². The number of hydrogen-bond donors (Lipinski definition) is 2. The van der Waals surface area contributed by atoms with Crippen LogP contribution in [0.5, 0.6) is 0 Å². The summed E-state index contributed by atoms with van der Waals surface area (Å²) < 4.78 is 5.38. The molecule has 0 aromatic carbocycles. The number of rotatable bonds is 2. The molecule has 2 rings (SSSR count). The first-order chi connectivity index (χ1) is 7.12. The fraction of sp³-hybridized carbons (Fsp3) is 1.00. The van der Waals surface area contributed by atoms with Crippen LogP contribution < -0.4 is 0 Å². The summed E-state index contributed by atoms with van der Waals surface area (Å²) in [5.74, 6) is 0.711. The highest BCUT2D eigenvalue weighted by Crippen LogP contribution is 2.48. The Hall–Kier alpha value is -0.120. The normalized spacial score (nSPS) is 47.0. The van der Waals surface area contributed by atoms with Crippen molar-refractivity contribution in [3.8, 4) is 0 Å². The van der Waals surface area contributed by atoms with Gasteiger partial charge in [-0.3, -0.25) is 0 Å². The van der Waals surface area contributed by atoms with Gasteiger partial charge in [0.1, 0.15) is 0 Å². The van der Waals surface area contributed by atoms with Crippen molar-refractivity contribution in [3.63, 3.8) is 0 Å². The van der Waals surface area contributed by atoms with Gasteiger partial charge in [-0.15, -0.1) is 0 Å². The molecule has 2 fully saturated rings. The molecule has 0 aromatic heterocycles. The molecule has 0 amide bonds. The monoisotopic (exact) mass is 214 g/mol. The molecular formula is C12H22O3. The van der Waals surface area contributed by atoms with Crippen LogP contribution in [0.2, 0.25) is 0 Å². The van der Waals surface area contributed by atoms with E-state index in [2.05, 4.69) is 6.92 Å². The quantitative estimate of drug-likeness (QED) is 0.729. The maximum Gasteiger partial charge on any atom is 0.0748 e. The zero-order valence-corrected chi connectivity index (χ0v) is 9.54. The van der Waals surface area contributed by atoms with Gasteiger partial charge in [0.05, 0.1) is 18.8 Å². The summed E-state index contributed by atoms with van der Waals surface area (Å²) in [6.07, 6.45) is 4.57. The molecule has 1 saturated carbocycles. The lowest BCUT2D eigenvalue weighted by Gasteiger charge is -2.46. The third-order valence-electron chi connectivity index (χ3n) is 4.49. The molecule has 1 atom stereocenters. The van der Waals surface area contributed by atoms with Crippen LogP contribution in [0.15, 0.2) is 0 Å². The molecule has 3 nitrogen and oxygen atoms in total. The molecule has 1 aliphatic carbocycles. The minimum atomic E-state index is -0.690. The average molecular weight is 214 g/mol. The van der Waals surface area contributed by atoms with E-state index in [1.807, 2.05) is 0 Å². The molecule has 1 unspecified atom stereocenters. The Labute approximate surface area is 91.4 Å². The molecular weight excluding hydrogens is 192 g/mol. The SMILES string of the molecule is CC1CCC(O)(C2(CO)CCOC2)CC1. The molecule has 88 valence electrons. The summed E-state index contributed by atoms with van der Waals surface area (Å²) in [5, 5.41) is 20.3. The topological polar surface area (TPSA) is 49.7 Å². The molecule has 3 heteroatoms. The molecule has 0 bridgehead atoms. The zero-order valence-electron chi connectivity index (χ0n) is 9.54. The summed E-state index contributed by atoms with van der Waals surface area (Å²) >= 11 is 0. The standard InChI is InChI=1S/C12H22O3/c1-10-2-4-12(14,5-3-10)11(8-13)6-7-15-9-11/h10,13-14H,2-9H2,1H3. The molecule has 2 aliphatic rings. The van der Waals surface area contributed by atoms with E-state index in [4.69, 9.17) is 4.74 Å². The van der Waals surface area contributed by atoms with E-state index in [0.29, 0.717) is 19.1 Å². The van der Waals surface area contributed by atoms with E-state index in [9.17, 15) is 10.2 Å². The maximum absolute atomic E-state index is 10.7. The Balaban J connectivity index is 2.12.